The Hall–Kier alpha value is -4.10. The van der Waals surface area contributed by atoms with E-state index < -0.39 is 23.5 Å². The summed E-state index contributed by atoms with van der Waals surface area (Å²) in [5, 5.41) is 13.8. The molecule has 7 heteroatoms. The molecule has 1 unspecified atom stereocenters. The van der Waals surface area contributed by atoms with Gasteiger partial charge in [0, 0.05) is 5.57 Å². The number of likely N-dealkylation sites (N-methyl/N-ethyl adjacent to an activating group) is 1. The molecule has 4 rings (SSSR count). The Balaban J connectivity index is 1.69. The Morgan fingerprint density at radius 3 is 2.26 bits per heavy atom. The number of nitrogens with zero attached hydrogens (tertiary/aromatic N) is 1. The maximum absolute atomic E-state index is 13.8. The quantitative estimate of drug-likeness (QED) is 0.255. The van der Waals surface area contributed by atoms with Gasteiger partial charge in [-0.15, -0.1) is 0 Å². The van der Waals surface area contributed by atoms with E-state index in [1.165, 1.54) is 4.90 Å². The molecule has 0 saturated carbocycles. The van der Waals surface area contributed by atoms with Gasteiger partial charge < -0.3 is 24.4 Å². The van der Waals surface area contributed by atoms with Gasteiger partial charge in [0.05, 0.1) is 39.8 Å². The summed E-state index contributed by atoms with van der Waals surface area (Å²) in [4.78, 5) is 29.0. The van der Waals surface area contributed by atoms with Gasteiger partial charge in [0.25, 0.3) is 5.91 Å². The SMILES string of the molecule is CCOc1ccc(C2/C(=C(\[O-])c3ccc(OCc4ccccc4)cc3C)C(=O)C(=O)N2CC[NH+](C)C)cc1. The van der Waals surface area contributed by atoms with Crippen molar-refractivity contribution >= 4 is 17.4 Å². The number of benzene rings is 3. The predicted octanol–water partition coefficient (Wildman–Crippen LogP) is 2.34. The Morgan fingerprint density at radius 1 is 0.947 bits per heavy atom. The maximum Gasteiger partial charge on any atom is 0.295 e. The van der Waals surface area contributed by atoms with Crippen LogP contribution in [-0.4, -0.2) is 50.4 Å². The molecule has 1 fully saturated rings. The molecule has 1 aliphatic rings. The Bertz CT molecular complexity index is 1320. The summed E-state index contributed by atoms with van der Waals surface area (Å²) in [5.41, 5.74) is 2.77. The fourth-order valence-corrected chi connectivity index (χ4v) is 4.57. The number of hydrogen-bond donors (Lipinski definition) is 1. The molecule has 1 saturated heterocycles. The number of aryl methyl sites for hydroxylation is 1. The molecule has 3 aromatic rings. The van der Waals surface area contributed by atoms with E-state index in [4.69, 9.17) is 9.47 Å². The number of hydrogen-bond acceptors (Lipinski definition) is 5. The first-order valence-corrected chi connectivity index (χ1v) is 12.9. The van der Waals surface area contributed by atoms with Crippen molar-refractivity contribution in [2.45, 2.75) is 26.5 Å². The van der Waals surface area contributed by atoms with Gasteiger partial charge in [0.2, 0.25) is 5.78 Å². The first kappa shape index (κ1) is 26.9. The highest BCUT2D eigenvalue weighted by Crippen LogP contribution is 2.39. The number of likely N-dealkylation sites (tertiary alicyclic amines) is 1. The summed E-state index contributed by atoms with van der Waals surface area (Å²) in [6, 6.07) is 21.5. The van der Waals surface area contributed by atoms with Crippen LogP contribution in [0.5, 0.6) is 11.5 Å². The van der Waals surface area contributed by atoms with Crippen molar-refractivity contribution in [3.05, 3.63) is 101 Å². The van der Waals surface area contributed by atoms with Crippen molar-refractivity contribution in [2.24, 2.45) is 0 Å². The second-order valence-corrected chi connectivity index (χ2v) is 9.68. The lowest BCUT2D eigenvalue weighted by molar-refractivity contribution is -0.857. The van der Waals surface area contributed by atoms with Gasteiger partial charge in [0.1, 0.15) is 18.1 Å². The minimum Gasteiger partial charge on any atom is -0.872 e. The number of amides is 1. The molecule has 1 amide bonds. The van der Waals surface area contributed by atoms with Gasteiger partial charge in [-0.25, -0.2) is 0 Å². The van der Waals surface area contributed by atoms with E-state index in [2.05, 4.69) is 0 Å². The van der Waals surface area contributed by atoms with Gasteiger partial charge in [-0.2, -0.15) is 0 Å². The molecule has 0 aromatic heterocycles. The molecule has 1 atom stereocenters. The molecule has 1 N–H and O–H groups in total. The highest BCUT2D eigenvalue weighted by Gasteiger charge is 2.44. The van der Waals surface area contributed by atoms with Gasteiger partial charge in [-0.3, -0.25) is 9.59 Å². The number of quaternary nitrogens is 1. The van der Waals surface area contributed by atoms with Crippen molar-refractivity contribution in [1.82, 2.24) is 4.90 Å². The smallest absolute Gasteiger partial charge is 0.295 e. The van der Waals surface area contributed by atoms with E-state index in [9.17, 15) is 14.7 Å². The van der Waals surface area contributed by atoms with Crippen molar-refractivity contribution < 1.29 is 29.1 Å². The van der Waals surface area contributed by atoms with Crippen LogP contribution in [0.2, 0.25) is 0 Å². The van der Waals surface area contributed by atoms with Crippen LogP contribution in [0.15, 0.2) is 78.4 Å². The molecule has 38 heavy (non-hydrogen) atoms. The monoisotopic (exact) mass is 514 g/mol. The molecular weight excluding hydrogens is 480 g/mol. The summed E-state index contributed by atoms with van der Waals surface area (Å²) in [5.74, 6) is -0.513. The van der Waals surface area contributed by atoms with Crippen LogP contribution < -0.4 is 19.5 Å². The van der Waals surface area contributed by atoms with Gasteiger partial charge in [0.15, 0.2) is 0 Å². The van der Waals surface area contributed by atoms with Crippen LogP contribution >= 0.6 is 0 Å². The second kappa shape index (κ2) is 12.0. The average Bonchev–Trinajstić information content (AvgIpc) is 3.16. The van der Waals surface area contributed by atoms with Gasteiger partial charge >= 0.3 is 0 Å². The molecule has 1 aliphatic heterocycles. The zero-order chi connectivity index (χ0) is 27.2. The van der Waals surface area contributed by atoms with E-state index in [-0.39, 0.29) is 5.57 Å². The normalized spacial score (nSPS) is 16.8. The van der Waals surface area contributed by atoms with Crippen molar-refractivity contribution in [1.29, 1.82) is 0 Å². The lowest BCUT2D eigenvalue weighted by atomic mass is 9.94. The van der Waals surface area contributed by atoms with Crippen molar-refractivity contribution in [3.8, 4) is 11.5 Å². The first-order valence-electron chi connectivity index (χ1n) is 12.9. The fraction of sp³-hybridized carbons (Fsp3) is 0.290. The molecule has 198 valence electrons. The summed E-state index contributed by atoms with van der Waals surface area (Å²) in [7, 11) is 3.96. The van der Waals surface area contributed by atoms with Crippen LogP contribution in [0, 0.1) is 6.92 Å². The minimum absolute atomic E-state index is 0.0195. The third-order valence-corrected chi connectivity index (χ3v) is 6.58. The molecule has 7 nitrogen and oxygen atoms in total. The van der Waals surface area contributed by atoms with E-state index in [1.807, 2.05) is 70.4 Å². The molecule has 0 radical (unpaired) electrons. The summed E-state index contributed by atoms with van der Waals surface area (Å²) in [6.45, 7) is 5.63. The number of rotatable bonds is 10. The largest absolute Gasteiger partial charge is 0.872 e. The summed E-state index contributed by atoms with van der Waals surface area (Å²) >= 11 is 0. The highest BCUT2D eigenvalue weighted by molar-refractivity contribution is 6.46. The molecule has 1 heterocycles. The molecule has 0 spiro atoms. The Labute approximate surface area is 223 Å². The highest BCUT2D eigenvalue weighted by atomic mass is 16.5. The van der Waals surface area contributed by atoms with E-state index in [0.29, 0.717) is 54.5 Å². The second-order valence-electron chi connectivity index (χ2n) is 9.68. The predicted molar refractivity (Wildman–Crippen MR) is 144 cm³/mol. The summed E-state index contributed by atoms with van der Waals surface area (Å²) in [6.07, 6.45) is 0. The van der Waals surface area contributed by atoms with Crippen LogP contribution in [0.25, 0.3) is 5.76 Å². The lowest BCUT2D eigenvalue weighted by Crippen LogP contribution is -3.06. The van der Waals surface area contributed by atoms with Gasteiger partial charge in [-0.1, -0.05) is 54.3 Å². The van der Waals surface area contributed by atoms with Crippen LogP contribution in [0.1, 0.15) is 35.2 Å². The third kappa shape index (κ3) is 5.89. The molecule has 3 aromatic carbocycles. The lowest BCUT2D eigenvalue weighted by Gasteiger charge is -2.28. The number of carbonyl (C=O) groups is 2. The number of nitrogens with one attached hydrogen (secondary N) is 1. The van der Waals surface area contributed by atoms with E-state index in [1.54, 1.807) is 30.3 Å². The summed E-state index contributed by atoms with van der Waals surface area (Å²) < 4.78 is 11.5. The van der Waals surface area contributed by atoms with E-state index in [0.717, 1.165) is 10.5 Å². The third-order valence-electron chi connectivity index (χ3n) is 6.58. The Morgan fingerprint density at radius 2 is 1.63 bits per heavy atom. The van der Waals surface area contributed by atoms with Crippen LogP contribution in [-0.2, 0) is 16.2 Å². The van der Waals surface area contributed by atoms with Crippen LogP contribution in [0.3, 0.4) is 0 Å². The number of ether oxygens (including phenoxy) is 2. The maximum atomic E-state index is 13.8. The fourth-order valence-electron chi connectivity index (χ4n) is 4.57. The van der Waals surface area contributed by atoms with E-state index >= 15 is 0 Å². The molecule has 0 aliphatic carbocycles. The average molecular weight is 515 g/mol. The standard InChI is InChI=1S/C31H34N2O5/c1-5-37-24-13-11-23(12-14-24)28-27(30(35)31(36)33(28)18-17-32(3)4)29(34)26-16-15-25(19-21(26)2)38-20-22-9-7-6-8-10-22/h6-16,19,28,34H,5,17-18,20H2,1-4H3/b29-27+. The molecular formula is C31H34N2O5. The number of Topliss-reactive ketones (excluding diaryl/α,β-unsaturated/α-hetero) is 1. The van der Waals surface area contributed by atoms with Crippen molar-refractivity contribution in [3.63, 3.8) is 0 Å². The minimum atomic E-state index is -0.758. The first-order chi connectivity index (χ1) is 18.3. The zero-order valence-electron chi connectivity index (χ0n) is 22.3. The van der Waals surface area contributed by atoms with Crippen LogP contribution in [0.4, 0.5) is 0 Å². The Kier molecular flexibility index (Phi) is 8.48. The van der Waals surface area contributed by atoms with Crippen molar-refractivity contribution in [2.75, 3.05) is 33.8 Å². The number of ketones is 1. The van der Waals surface area contributed by atoms with Gasteiger partial charge in [-0.05, 0) is 60.4 Å². The topological polar surface area (TPSA) is 83.3 Å². The number of carbonyl (C=O) groups excluding carboxylic acids is 2. The zero-order valence-corrected chi connectivity index (χ0v) is 22.3. The molecule has 0 bridgehead atoms.